The third kappa shape index (κ3) is 7.45. The quantitative estimate of drug-likeness (QED) is 0.281. The SMILES string of the molecule is C#Cc1ccc(C(C(=O)Nc2c(C)cccc2Cl)N(C#C)C(=O)C(CS)NC(=O)OC(C)(C)C)cc1. The van der Waals surface area contributed by atoms with Crippen molar-refractivity contribution in [3.63, 3.8) is 0 Å². The monoisotopic (exact) mass is 525 g/mol. The second kappa shape index (κ2) is 12.4. The van der Waals surface area contributed by atoms with E-state index < -0.39 is 35.6 Å². The standard InChI is InChI=1S/C27H28ClN3O4S/c1-7-18-12-14-19(15-13-18)23(24(32)30-22-17(3)10-9-11-20(22)28)31(8-2)25(33)21(16-36)29-26(34)35-27(4,5)6/h1-2,9-15,21,23,36H,16H2,3-6H3,(H,29,34)(H,30,32). The number of rotatable bonds is 7. The lowest BCUT2D eigenvalue weighted by Crippen LogP contribution is -2.51. The zero-order valence-electron chi connectivity index (χ0n) is 20.5. The van der Waals surface area contributed by atoms with E-state index in [9.17, 15) is 14.4 Å². The second-order valence-corrected chi connectivity index (χ2v) is 9.58. The van der Waals surface area contributed by atoms with Crippen molar-refractivity contribution in [2.24, 2.45) is 0 Å². The highest BCUT2D eigenvalue weighted by Crippen LogP contribution is 2.29. The highest BCUT2D eigenvalue weighted by molar-refractivity contribution is 7.80. The Bertz CT molecular complexity index is 1190. The Labute approximate surface area is 222 Å². The molecular formula is C27H28ClN3O4S. The number of hydrogen-bond donors (Lipinski definition) is 3. The Morgan fingerprint density at radius 2 is 1.78 bits per heavy atom. The molecule has 0 aliphatic heterocycles. The number of benzene rings is 2. The first-order valence-electron chi connectivity index (χ1n) is 10.9. The first kappa shape index (κ1) is 28.6. The van der Waals surface area contributed by atoms with Gasteiger partial charge in [-0.2, -0.15) is 12.6 Å². The average Bonchev–Trinajstić information content (AvgIpc) is 2.81. The van der Waals surface area contributed by atoms with Crippen molar-refractivity contribution in [1.29, 1.82) is 0 Å². The predicted octanol–water partition coefficient (Wildman–Crippen LogP) is 4.55. The van der Waals surface area contributed by atoms with Gasteiger partial charge in [-0.15, -0.1) is 6.42 Å². The largest absolute Gasteiger partial charge is 0.444 e. The van der Waals surface area contributed by atoms with Crippen molar-refractivity contribution in [2.75, 3.05) is 11.1 Å². The summed E-state index contributed by atoms with van der Waals surface area (Å²) in [7, 11) is 0. The number of nitrogens with zero attached hydrogens (tertiary/aromatic N) is 1. The number of amides is 3. The Balaban J connectivity index is 2.47. The zero-order valence-corrected chi connectivity index (χ0v) is 22.1. The molecule has 2 unspecified atom stereocenters. The summed E-state index contributed by atoms with van der Waals surface area (Å²) in [6.07, 6.45) is 10.4. The molecule has 3 amide bonds. The van der Waals surface area contributed by atoms with E-state index in [0.29, 0.717) is 21.8 Å². The lowest BCUT2D eigenvalue weighted by atomic mass is 10.0. The van der Waals surface area contributed by atoms with Gasteiger partial charge in [0.25, 0.3) is 11.8 Å². The molecule has 2 rings (SSSR count). The molecule has 0 aromatic heterocycles. The zero-order chi connectivity index (χ0) is 27.0. The lowest BCUT2D eigenvalue weighted by Gasteiger charge is -2.30. The number of hydrogen-bond acceptors (Lipinski definition) is 5. The number of terminal acetylenes is 2. The summed E-state index contributed by atoms with van der Waals surface area (Å²) < 4.78 is 5.24. The molecule has 0 fully saturated rings. The van der Waals surface area contributed by atoms with E-state index in [1.54, 1.807) is 70.2 Å². The molecule has 2 aromatic carbocycles. The van der Waals surface area contributed by atoms with Gasteiger partial charge >= 0.3 is 6.09 Å². The summed E-state index contributed by atoms with van der Waals surface area (Å²) in [4.78, 5) is 40.2. The van der Waals surface area contributed by atoms with Crippen LogP contribution in [-0.2, 0) is 14.3 Å². The van der Waals surface area contributed by atoms with Crippen LogP contribution in [0, 0.1) is 31.7 Å². The van der Waals surface area contributed by atoms with Crippen LogP contribution in [0.4, 0.5) is 10.5 Å². The van der Waals surface area contributed by atoms with Gasteiger partial charge < -0.3 is 15.4 Å². The summed E-state index contributed by atoms with van der Waals surface area (Å²) in [6, 6.07) is 11.5. The minimum absolute atomic E-state index is 0.0930. The van der Waals surface area contributed by atoms with E-state index in [2.05, 4.69) is 35.2 Å². The molecule has 188 valence electrons. The first-order valence-corrected chi connectivity index (χ1v) is 11.9. The van der Waals surface area contributed by atoms with Crippen LogP contribution in [0.15, 0.2) is 42.5 Å². The number of ether oxygens (including phenoxy) is 1. The molecular weight excluding hydrogens is 498 g/mol. The van der Waals surface area contributed by atoms with Gasteiger partial charge in [-0.1, -0.05) is 48.2 Å². The van der Waals surface area contributed by atoms with E-state index in [1.807, 2.05) is 0 Å². The van der Waals surface area contributed by atoms with E-state index in [1.165, 1.54) is 0 Å². The van der Waals surface area contributed by atoms with Gasteiger partial charge in [0, 0.05) is 17.4 Å². The van der Waals surface area contributed by atoms with Crippen LogP contribution in [0.1, 0.15) is 43.5 Å². The van der Waals surface area contributed by atoms with Crippen LogP contribution in [0.2, 0.25) is 5.02 Å². The topological polar surface area (TPSA) is 87.7 Å². The molecule has 0 saturated heterocycles. The fraction of sp³-hybridized carbons (Fsp3) is 0.296. The number of carbonyl (C=O) groups excluding carboxylic acids is 3. The third-order valence-electron chi connectivity index (χ3n) is 4.92. The van der Waals surface area contributed by atoms with Gasteiger partial charge in [-0.05, 0) is 57.0 Å². The Morgan fingerprint density at radius 1 is 1.14 bits per heavy atom. The lowest BCUT2D eigenvalue weighted by molar-refractivity contribution is -0.136. The van der Waals surface area contributed by atoms with Crippen LogP contribution in [0.3, 0.4) is 0 Å². The van der Waals surface area contributed by atoms with Gasteiger partial charge in [0.1, 0.15) is 17.7 Å². The van der Waals surface area contributed by atoms with E-state index >= 15 is 0 Å². The van der Waals surface area contributed by atoms with Crippen molar-refractivity contribution >= 4 is 47.8 Å². The first-order chi connectivity index (χ1) is 16.9. The number of carbonyl (C=O) groups is 3. The van der Waals surface area contributed by atoms with Crippen LogP contribution < -0.4 is 10.6 Å². The molecule has 2 N–H and O–H groups in total. The molecule has 2 aromatic rings. The summed E-state index contributed by atoms with van der Waals surface area (Å²) in [5.74, 6) is 1.07. The Hall–Kier alpha value is -3.59. The van der Waals surface area contributed by atoms with E-state index in [4.69, 9.17) is 29.2 Å². The minimum atomic E-state index is -1.27. The maximum atomic E-state index is 13.6. The molecule has 0 saturated carbocycles. The van der Waals surface area contributed by atoms with E-state index in [0.717, 1.165) is 10.5 Å². The van der Waals surface area contributed by atoms with Gasteiger partial charge in [0.2, 0.25) is 0 Å². The maximum Gasteiger partial charge on any atom is 0.408 e. The third-order valence-corrected chi connectivity index (χ3v) is 5.60. The van der Waals surface area contributed by atoms with Crippen LogP contribution in [0.5, 0.6) is 0 Å². The number of anilines is 1. The fourth-order valence-corrected chi connectivity index (χ4v) is 3.75. The highest BCUT2D eigenvalue weighted by Gasteiger charge is 2.35. The van der Waals surface area contributed by atoms with Gasteiger partial charge in [-0.25, -0.2) is 4.79 Å². The predicted molar refractivity (Wildman–Crippen MR) is 145 cm³/mol. The van der Waals surface area contributed by atoms with Gasteiger partial charge in [0.15, 0.2) is 0 Å². The van der Waals surface area contributed by atoms with E-state index in [-0.39, 0.29) is 5.75 Å². The summed E-state index contributed by atoms with van der Waals surface area (Å²) >= 11 is 10.5. The molecule has 0 spiro atoms. The fourth-order valence-electron chi connectivity index (χ4n) is 3.23. The molecule has 0 aliphatic carbocycles. The molecule has 0 aliphatic rings. The molecule has 0 radical (unpaired) electrons. The Kier molecular flexibility index (Phi) is 9.86. The normalized spacial score (nSPS) is 12.3. The number of nitrogens with one attached hydrogen (secondary N) is 2. The molecule has 0 bridgehead atoms. The summed E-state index contributed by atoms with van der Waals surface area (Å²) in [6.45, 7) is 6.85. The minimum Gasteiger partial charge on any atom is -0.444 e. The highest BCUT2D eigenvalue weighted by atomic mass is 35.5. The molecule has 0 heterocycles. The number of halogens is 1. The van der Waals surface area contributed by atoms with Crippen LogP contribution in [-0.4, -0.2) is 40.2 Å². The van der Waals surface area contributed by atoms with Crippen molar-refractivity contribution < 1.29 is 19.1 Å². The van der Waals surface area contributed by atoms with Crippen molar-refractivity contribution in [3.8, 4) is 24.8 Å². The van der Waals surface area contributed by atoms with Gasteiger partial charge in [-0.3, -0.25) is 14.5 Å². The van der Waals surface area contributed by atoms with Crippen molar-refractivity contribution in [1.82, 2.24) is 10.2 Å². The van der Waals surface area contributed by atoms with Gasteiger partial charge in [0.05, 0.1) is 10.7 Å². The number of aryl methyl sites for hydroxylation is 1. The number of alkyl carbamates (subject to hydrolysis) is 1. The Morgan fingerprint density at radius 3 is 2.28 bits per heavy atom. The number of para-hydroxylation sites is 1. The van der Waals surface area contributed by atoms with Crippen LogP contribution >= 0.6 is 24.2 Å². The molecule has 36 heavy (non-hydrogen) atoms. The van der Waals surface area contributed by atoms with Crippen molar-refractivity contribution in [2.45, 2.75) is 45.4 Å². The summed E-state index contributed by atoms with van der Waals surface area (Å²) in [5, 5.41) is 5.56. The average molecular weight is 526 g/mol. The smallest absolute Gasteiger partial charge is 0.408 e. The van der Waals surface area contributed by atoms with Crippen molar-refractivity contribution in [3.05, 3.63) is 64.2 Å². The number of thiol groups is 1. The second-order valence-electron chi connectivity index (χ2n) is 8.81. The summed E-state index contributed by atoms with van der Waals surface area (Å²) in [5.41, 5.74) is 1.30. The molecule has 9 heteroatoms. The molecule has 2 atom stereocenters. The maximum absolute atomic E-state index is 13.6. The molecule has 7 nitrogen and oxygen atoms in total. The van der Waals surface area contributed by atoms with Crippen LogP contribution in [0.25, 0.3) is 0 Å².